The van der Waals surface area contributed by atoms with Crippen LogP contribution < -0.4 is 4.74 Å². The molecule has 0 bridgehead atoms. The van der Waals surface area contributed by atoms with Crippen LogP contribution in [0.5, 0.6) is 5.75 Å². The zero-order valence-electron chi connectivity index (χ0n) is 24.4. The van der Waals surface area contributed by atoms with E-state index in [-0.39, 0.29) is 23.4 Å². The Bertz CT molecular complexity index is 1450. The first-order valence-electron chi connectivity index (χ1n) is 15.5. The molecular weight excluding hydrogens is 538 g/mol. The number of rotatable bonds is 7. The van der Waals surface area contributed by atoms with Gasteiger partial charge in [0, 0.05) is 62.4 Å². The smallest absolute Gasteiger partial charge is 0.163 e. The van der Waals surface area contributed by atoms with E-state index in [1.807, 2.05) is 60.7 Å². The topological polar surface area (TPSA) is 65.1 Å². The molecular formula is C37H37NO5. The van der Waals surface area contributed by atoms with Crippen LogP contribution in [0.2, 0.25) is 0 Å². The molecule has 3 aromatic rings. The van der Waals surface area contributed by atoms with E-state index in [4.69, 9.17) is 14.2 Å². The maximum Gasteiger partial charge on any atom is 0.163 e. The van der Waals surface area contributed by atoms with E-state index in [0.717, 1.165) is 66.8 Å². The molecule has 0 aromatic heterocycles. The SMILES string of the molecule is O=C1CC(c2ccccc2)CC2=C1C(c1ccc(OCCN3CCOCC3)cc1)C1=C(CC(c3ccccc3)CC1=O)O2. The fraction of sp³-hybridized carbons (Fsp3) is 0.351. The number of hydrogen-bond acceptors (Lipinski definition) is 6. The number of morpholine rings is 1. The molecule has 0 N–H and O–H groups in total. The van der Waals surface area contributed by atoms with Crippen molar-refractivity contribution in [3.8, 4) is 5.75 Å². The van der Waals surface area contributed by atoms with Gasteiger partial charge in [-0.2, -0.15) is 0 Å². The van der Waals surface area contributed by atoms with Crippen LogP contribution in [0, 0.1) is 0 Å². The third kappa shape index (κ3) is 5.82. The van der Waals surface area contributed by atoms with Gasteiger partial charge in [0.2, 0.25) is 0 Å². The molecule has 7 rings (SSSR count). The fourth-order valence-electron chi connectivity index (χ4n) is 7.05. The predicted molar refractivity (Wildman–Crippen MR) is 164 cm³/mol. The lowest BCUT2D eigenvalue weighted by atomic mass is 9.69. The highest BCUT2D eigenvalue weighted by Gasteiger charge is 2.45. The highest BCUT2D eigenvalue weighted by atomic mass is 16.5. The van der Waals surface area contributed by atoms with Gasteiger partial charge in [0.25, 0.3) is 0 Å². The molecule has 43 heavy (non-hydrogen) atoms. The van der Waals surface area contributed by atoms with Gasteiger partial charge in [-0.05, 0) is 40.7 Å². The quantitative estimate of drug-likeness (QED) is 0.329. The molecule has 0 amide bonds. The third-order valence-electron chi connectivity index (χ3n) is 9.29. The molecule has 2 unspecified atom stereocenters. The molecule has 2 atom stereocenters. The lowest BCUT2D eigenvalue weighted by Crippen LogP contribution is -2.38. The standard InChI is InChI=1S/C37H37NO5/c39-31-21-28(25-7-3-1-4-8-25)23-33-36(31)35(27-11-13-30(14-12-27)42-20-17-38-15-18-41-19-16-38)37-32(40)22-29(24-34(37)43-33)26-9-5-2-6-10-26/h1-14,28-29,35H,15-24H2. The Labute approximate surface area is 253 Å². The van der Waals surface area contributed by atoms with Crippen molar-refractivity contribution in [1.29, 1.82) is 0 Å². The van der Waals surface area contributed by atoms with Crippen molar-refractivity contribution < 1.29 is 23.8 Å². The lowest BCUT2D eigenvalue weighted by Gasteiger charge is -2.39. The molecule has 220 valence electrons. The van der Waals surface area contributed by atoms with Gasteiger partial charge in [-0.25, -0.2) is 0 Å². The highest BCUT2D eigenvalue weighted by molar-refractivity contribution is 6.06. The summed E-state index contributed by atoms with van der Waals surface area (Å²) >= 11 is 0. The molecule has 0 radical (unpaired) electrons. The Morgan fingerprint density at radius 3 is 1.72 bits per heavy atom. The summed E-state index contributed by atoms with van der Waals surface area (Å²) in [5.41, 5.74) is 4.52. The van der Waals surface area contributed by atoms with Crippen LogP contribution in [-0.2, 0) is 19.1 Å². The van der Waals surface area contributed by atoms with Gasteiger partial charge >= 0.3 is 0 Å². The number of carbonyl (C=O) groups excluding carboxylic acids is 2. The molecule has 3 aromatic carbocycles. The minimum absolute atomic E-state index is 0.0571. The summed E-state index contributed by atoms with van der Waals surface area (Å²) in [6.07, 6.45) is 2.11. The van der Waals surface area contributed by atoms with Crippen molar-refractivity contribution in [2.45, 2.75) is 43.4 Å². The third-order valence-corrected chi connectivity index (χ3v) is 9.29. The van der Waals surface area contributed by atoms with Gasteiger partial charge in [-0.15, -0.1) is 0 Å². The molecule has 4 aliphatic rings. The van der Waals surface area contributed by atoms with E-state index in [1.54, 1.807) is 0 Å². The number of allylic oxidation sites excluding steroid dienone is 4. The van der Waals surface area contributed by atoms with Crippen molar-refractivity contribution in [1.82, 2.24) is 4.90 Å². The second kappa shape index (κ2) is 12.3. The number of carbonyl (C=O) groups is 2. The molecule has 0 saturated carbocycles. The minimum atomic E-state index is -0.422. The van der Waals surface area contributed by atoms with Crippen LogP contribution in [0.1, 0.15) is 60.1 Å². The van der Waals surface area contributed by atoms with E-state index < -0.39 is 5.92 Å². The molecule has 6 nitrogen and oxygen atoms in total. The molecule has 1 fully saturated rings. The summed E-state index contributed by atoms with van der Waals surface area (Å²) in [4.78, 5) is 30.2. The summed E-state index contributed by atoms with van der Waals surface area (Å²) in [5.74, 6) is 2.05. The molecule has 2 aliphatic heterocycles. The Kier molecular flexibility index (Phi) is 7.96. The summed E-state index contributed by atoms with van der Waals surface area (Å²) in [6.45, 7) is 4.85. The van der Waals surface area contributed by atoms with Crippen molar-refractivity contribution >= 4 is 11.6 Å². The Morgan fingerprint density at radius 2 is 1.19 bits per heavy atom. The van der Waals surface area contributed by atoms with Crippen LogP contribution in [0.3, 0.4) is 0 Å². The fourth-order valence-corrected chi connectivity index (χ4v) is 7.05. The summed E-state index contributed by atoms with van der Waals surface area (Å²) in [7, 11) is 0. The summed E-state index contributed by atoms with van der Waals surface area (Å²) < 4.78 is 18.1. The van der Waals surface area contributed by atoms with Gasteiger partial charge in [0.15, 0.2) is 11.6 Å². The number of ether oxygens (including phenoxy) is 3. The number of Topliss-reactive ketones (excluding diaryl/α,β-unsaturated/α-hetero) is 2. The van der Waals surface area contributed by atoms with Gasteiger partial charge in [0.1, 0.15) is 23.9 Å². The summed E-state index contributed by atoms with van der Waals surface area (Å²) in [6, 6.07) is 28.4. The Balaban J connectivity index is 1.19. The average Bonchev–Trinajstić information content (AvgIpc) is 3.05. The number of hydrogen-bond donors (Lipinski definition) is 0. The molecule has 2 aliphatic carbocycles. The largest absolute Gasteiger partial charge is 0.492 e. The van der Waals surface area contributed by atoms with Gasteiger partial charge in [0.05, 0.1) is 13.2 Å². The average molecular weight is 576 g/mol. The maximum atomic E-state index is 13.9. The maximum absolute atomic E-state index is 13.9. The van der Waals surface area contributed by atoms with Crippen LogP contribution in [0.25, 0.3) is 0 Å². The first-order valence-corrected chi connectivity index (χ1v) is 15.5. The Morgan fingerprint density at radius 1 is 0.651 bits per heavy atom. The molecule has 6 heteroatoms. The van der Waals surface area contributed by atoms with E-state index in [0.29, 0.717) is 43.4 Å². The van der Waals surface area contributed by atoms with Crippen molar-refractivity contribution in [2.75, 3.05) is 39.5 Å². The van der Waals surface area contributed by atoms with Gasteiger partial charge in [-0.3, -0.25) is 14.5 Å². The van der Waals surface area contributed by atoms with Crippen LogP contribution in [0.4, 0.5) is 0 Å². The predicted octanol–water partition coefficient (Wildman–Crippen LogP) is 6.31. The van der Waals surface area contributed by atoms with E-state index in [1.165, 1.54) is 0 Å². The lowest BCUT2D eigenvalue weighted by molar-refractivity contribution is -0.118. The first kappa shape index (κ1) is 27.8. The Hall–Kier alpha value is -4.00. The van der Waals surface area contributed by atoms with E-state index in [9.17, 15) is 9.59 Å². The summed E-state index contributed by atoms with van der Waals surface area (Å²) in [5, 5.41) is 0. The van der Waals surface area contributed by atoms with Crippen molar-refractivity contribution in [3.05, 3.63) is 124 Å². The van der Waals surface area contributed by atoms with Crippen molar-refractivity contribution in [3.63, 3.8) is 0 Å². The second-order valence-electron chi connectivity index (χ2n) is 12.0. The van der Waals surface area contributed by atoms with Crippen molar-refractivity contribution in [2.24, 2.45) is 0 Å². The second-order valence-corrected chi connectivity index (χ2v) is 12.0. The van der Waals surface area contributed by atoms with Crippen LogP contribution in [0.15, 0.2) is 108 Å². The normalized spacial score (nSPS) is 24.3. The first-order chi connectivity index (χ1) is 21.1. The molecule has 2 heterocycles. The monoisotopic (exact) mass is 575 g/mol. The highest BCUT2D eigenvalue weighted by Crippen LogP contribution is 2.52. The zero-order chi connectivity index (χ0) is 29.2. The number of benzene rings is 3. The van der Waals surface area contributed by atoms with E-state index in [2.05, 4.69) is 29.2 Å². The molecule has 0 spiro atoms. The van der Waals surface area contributed by atoms with Crippen LogP contribution in [-0.4, -0.2) is 55.9 Å². The van der Waals surface area contributed by atoms with E-state index >= 15 is 0 Å². The van der Waals surface area contributed by atoms with Gasteiger partial charge in [-0.1, -0.05) is 72.8 Å². The zero-order valence-corrected chi connectivity index (χ0v) is 24.4. The minimum Gasteiger partial charge on any atom is -0.492 e. The molecule has 1 saturated heterocycles. The number of ketones is 2. The van der Waals surface area contributed by atoms with Gasteiger partial charge < -0.3 is 14.2 Å². The van der Waals surface area contributed by atoms with Crippen LogP contribution >= 0.6 is 0 Å². The number of nitrogens with zero attached hydrogens (tertiary/aromatic N) is 1.